The predicted octanol–water partition coefficient (Wildman–Crippen LogP) is 3.82. The molecule has 136 valence electrons. The minimum atomic E-state index is 0.616. The Morgan fingerprint density at radius 3 is 2.78 bits per heavy atom. The van der Waals surface area contributed by atoms with Gasteiger partial charge < -0.3 is 13.9 Å². The summed E-state index contributed by atoms with van der Waals surface area (Å²) < 4.78 is 9.68. The molecule has 6 heteroatoms. The monoisotopic (exact) mass is 360 g/mol. The van der Waals surface area contributed by atoms with Crippen LogP contribution in [0.25, 0.3) is 33.6 Å². The maximum Gasteiger partial charge on any atom is 0.214 e. The summed E-state index contributed by atoms with van der Waals surface area (Å²) in [6, 6.07) is 11.7. The van der Waals surface area contributed by atoms with E-state index in [0.29, 0.717) is 17.4 Å². The van der Waals surface area contributed by atoms with Gasteiger partial charge in [-0.05, 0) is 49.1 Å². The van der Waals surface area contributed by atoms with E-state index in [4.69, 9.17) is 9.72 Å². The van der Waals surface area contributed by atoms with Crippen molar-refractivity contribution in [2.45, 2.75) is 19.4 Å². The number of hydrogen-bond donors (Lipinski definition) is 0. The van der Waals surface area contributed by atoms with E-state index in [0.717, 1.165) is 46.4 Å². The average molecular weight is 360 g/mol. The molecule has 0 N–H and O–H groups in total. The summed E-state index contributed by atoms with van der Waals surface area (Å²) in [6.07, 6.45) is 3.37. The van der Waals surface area contributed by atoms with Crippen molar-refractivity contribution in [3.05, 3.63) is 42.0 Å². The zero-order valence-corrected chi connectivity index (χ0v) is 15.3. The number of imidazole rings is 1. The molecule has 1 fully saturated rings. The van der Waals surface area contributed by atoms with Crippen molar-refractivity contribution in [1.82, 2.24) is 19.1 Å². The number of aryl methyl sites for hydroxylation is 1. The van der Waals surface area contributed by atoms with E-state index in [1.165, 1.54) is 12.8 Å². The average Bonchev–Trinajstić information content (AvgIpc) is 3.37. The first kappa shape index (κ1) is 16.1. The molecule has 4 aromatic rings. The van der Waals surface area contributed by atoms with Gasteiger partial charge in [-0.1, -0.05) is 0 Å². The lowest BCUT2D eigenvalue weighted by Crippen LogP contribution is -2.05. The minimum absolute atomic E-state index is 0.616. The molecule has 3 heterocycles. The van der Waals surface area contributed by atoms with Gasteiger partial charge in [0.15, 0.2) is 5.82 Å². The van der Waals surface area contributed by atoms with E-state index in [1.54, 1.807) is 7.11 Å². The number of aldehydes is 1. The Labute approximate surface area is 156 Å². The van der Waals surface area contributed by atoms with E-state index in [-0.39, 0.29) is 0 Å². The third-order valence-electron chi connectivity index (χ3n) is 5.34. The first-order valence-corrected chi connectivity index (χ1v) is 9.14. The van der Waals surface area contributed by atoms with Gasteiger partial charge in [-0.25, -0.2) is 4.98 Å². The number of rotatable bonds is 5. The lowest BCUT2D eigenvalue weighted by Gasteiger charge is -2.10. The summed E-state index contributed by atoms with van der Waals surface area (Å²) >= 11 is 0. The molecular weight excluding hydrogens is 340 g/mol. The van der Waals surface area contributed by atoms with E-state index < -0.39 is 0 Å². The smallest absolute Gasteiger partial charge is 0.214 e. The predicted molar refractivity (Wildman–Crippen MR) is 104 cm³/mol. The second-order valence-electron chi connectivity index (χ2n) is 7.21. The van der Waals surface area contributed by atoms with Gasteiger partial charge >= 0.3 is 0 Å². The second-order valence-corrected chi connectivity index (χ2v) is 7.21. The first-order valence-electron chi connectivity index (χ1n) is 9.14. The lowest BCUT2D eigenvalue weighted by molar-refractivity contribution is 0.112. The molecule has 5 rings (SSSR count). The maximum absolute atomic E-state index is 11.1. The van der Waals surface area contributed by atoms with Gasteiger partial charge in [-0.15, -0.1) is 0 Å². The summed E-state index contributed by atoms with van der Waals surface area (Å²) in [5.41, 5.74) is 4.44. The van der Waals surface area contributed by atoms with Crippen molar-refractivity contribution < 1.29 is 9.53 Å². The summed E-state index contributed by atoms with van der Waals surface area (Å²) in [5, 5.41) is 1.08. The van der Waals surface area contributed by atoms with Crippen LogP contribution in [0.15, 0.2) is 36.4 Å². The quantitative estimate of drug-likeness (QED) is 0.508. The molecule has 0 saturated heterocycles. The fourth-order valence-electron chi connectivity index (χ4n) is 3.67. The maximum atomic E-state index is 11.1. The molecule has 0 aliphatic heterocycles. The van der Waals surface area contributed by atoms with Crippen molar-refractivity contribution in [2.75, 3.05) is 7.11 Å². The van der Waals surface area contributed by atoms with E-state index in [1.807, 2.05) is 37.4 Å². The Hall–Kier alpha value is -3.15. The Bertz CT molecular complexity index is 1180. The summed E-state index contributed by atoms with van der Waals surface area (Å²) in [4.78, 5) is 20.6. The normalized spacial score (nSPS) is 14.1. The van der Waals surface area contributed by atoms with Crippen LogP contribution in [-0.2, 0) is 13.6 Å². The fraction of sp³-hybridized carbons (Fsp3) is 0.286. The highest BCUT2D eigenvalue weighted by Gasteiger charge is 2.26. The van der Waals surface area contributed by atoms with Gasteiger partial charge in [0.25, 0.3) is 0 Å². The Morgan fingerprint density at radius 1 is 1.19 bits per heavy atom. The Morgan fingerprint density at radius 2 is 2.04 bits per heavy atom. The number of methoxy groups -OCH3 is 1. The van der Waals surface area contributed by atoms with Gasteiger partial charge in [0.05, 0.1) is 23.8 Å². The van der Waals surface area contributed by atoms with Crippen molar-refractivity contribution in [3.8, 4) is 17.4 Å². The number of carbonyl (C=O) groups is 1. The molecule has 1 aliphatic rings. The van der Waals surface area contributed by atoms with Crippen LogP contribution in [0, 0.1) is 5.92 Å². The molecule has 0 amide bonds. The topological polar surface area (TPSA) is 61.9 Å². The van der Waals surface area contributed by atoms with Gasteiger partial charge in [0, 0.05) is 30.6 Å². The van der Waals surface area contributed by atoms with Gasteiger partial charge in [-0.3, -0.25) is 4.79 Å². The van der Waals surface area contributed by atoms with E-state index in [9.17, 15) is 4.79 Å². The summed E-state index contributed by atoms with van der Waals surface area (Å²) in [5.74, 6) is 2.19. The number of pyridine rings is 1. The molecule has 0 radical (unpaired) electrons. The third-order valence-corrected chi connectivity index (χ3v) is 5.34. The van der Waals surface area contributed by atoms with E-state index in [2.05, 4.69) is 20.2 Å². The van der Waals surface area contributed by atoms with Crippen LogP contribution in [-0.4, -0.2) is 32.5 Å². The number of hydrogen-bond acceptors (Lipinski definition) is 4. The van der Waals surface area contributed by atoms with Gasteiger partial charge in [0.1, 0.15) is 11.9 Å². The fourth-order valence-corrected chi connectivity index (χ4v) is 3.67. The molecule has 0 bridgehead atoms. The molecule has 3 aromatic heterocycles. The molecule has 0 unspecified atom stereocenters. The molecule has 1 aromatic carbocycles. The van der Waals surface area contributed by atoms with Crippen molar-refractivity contribution in [1.29, 1.82) is 0 Å². The highest BCUT2D eigenvalue weighted by atomic mass is 16.5. The summed E-state index contributed by atoms with van der Waals surface area (Å²) in [7, 11) is 3.65. The minimum Gasteiger partial charge on any atom is -0.481 e. The number of fused-ring (bicyclic) bond motifs is 2. The van der Waals surface area contributed by atoms with E-state index >= 15 is 0 Å². The van der Waals surface area contributed by atoms with Crippen molar-refractivity contribution in [2.24, 2.45) is 13.0 Å². The number of nitrogens with zero attached hydrogens (tertiary/aromatic N) is 4. The zero-order valence-electron chi connectivity index (χ0n) is 15.3. The zero-order chi connectivity index (χ0) is 18.5. The molecule has 0 spiro atoms. The SMILES string of the molecule is COc1ccc2cc(-c3nc4cc(C=O)ccc4n3C)n(CC3CC3)c2n1. The van der Waals surface area contributed by atoms with Crippen LogP contribution in [0.3, 0.4) is 0 Å². The first-order chi connectivity index (χ1) is 13.2. The van der Waals surface area contributed by atoms with Gasteiger partial charge in [-0.2, -0.15) is 4.98 Å². The second kappa shape index (κ2) is 5.94. The van der Waals surface area contributed by atoms with Crippen molar-refractivity contribution >= 4 is 28.4 Å². The lowest BCUT2D eigenvalue weighted by atomic mass is 10.2. The van der Waals surface area contributed by atoms with Crippen LogP contribution in [0.1, 0.15) is 23.2 Å². The largest absolute Gasteiger partial charge is 0.481 e. The van der Waals surface area contributed by atoms with Crippen LogP contribution in [0.5, 0.6) is 5.88 Å². The highest BCUT2D eigenvalue weighted by molar-refractivity contribution is 5.89. The molecule has 0 atom stereocenters. The number of carbonyl (C=O) groups excluding carboxylic acids is 1. The standard InChI is InChI=1S/C21H20N4O2/c1-24-17-7-5-14(12-26)9-16(17)22-21(24)18-10-15-6-8-19(27-2)23-20(15)25(18)11-13-3-4-13/h5-10,12-13H,3-4,11H2,1-2H3. The van der Waals surface area contributed by atoms with Crippen LogP contribution in [0.2, 0.25) is 0 Å². The van der Waals surface area contributed by atoms with Crippen LogP contribution >= 0.6 is 0 Å². The van der Waals surface area contributed by atoms with Crippen LogP contribution < -0.4 is 4.74 Å². The molecule has 1 aliphatic carbocycles. The molecule has 1 saturated carbocycles. The molecular formula is C21H20N4O2. The van der Waals surface area contributed by atoms with Crippen molar-refractivity contribution in [3.63, 3.8) is 0 Å². The van der Waals surface area contributed by atoms with Crippen LogP contribution in [0.4, 0.5) is 0 Å². The summed E-state index contributed by atoms with van der Waals surface area (Å²) in [6.45, 7) is 0.932. The number of ether oxygens (including phenoxy) is 1. The third kappa shape index (κ3) is 2.60. The Balaban J connectivity index is 1.75. The number of aromatic nitrogens is 4. The molecule has 27 heavy (non-hydrogen) atoms. The van der Waals surface area contributed by atoms with Gasteiger partial charge in [0.2, 0.25) is 5.88 Å². The molecule has 6 nitrogen and oxygen atoms in total. The Kier molecular flexibility index (Phi) is 3.53. The number of benzene rings is 1. The highest BCUT2D eigenvalue weighted by Crippen LogP contribution is 2.36.